The second kappa shape index (κ2) is 8.38. The van der Waals surface area contributed by atoms with Gasteiger partial charge in [0.1, 0.15) is 0 Å². The average molecular weight is 305 g/mol. The fourth-order valence-corrected chi connectivity index (χ4v) is 1.94. The van der Waals surface area contributed by atoms with Crippen LogP contribution in [-0.4, -0.2) is 44.7 Å². The Balaban J connectivity index is 2.44. The first-order valence-corrected chi connectivity index (χ1v) is 6.71. The number of nitrogens with zero attached hydrogens (tertiary/aromatic N) is 1. The van der Waals surface area contributed by atoms with Gasteiger partial charge in [0, 0.05) is 20.3 Å². The number of nitrogens with one attached hydrogen (secondary N) is 1. The molecule has 0 aliphatic rings. The Hall–Kier alpha value is -0.810. The van der Waals surface area contributed by atoms with Crippen molar-refractivity contribution in [3.63, 3.8) is 0 Å². The van der Waals surface area contributed by atoms with Crippen LogP contribution in [0.25, 0.3) is 0 Å². The number of halogens is 2. The van der Waals surface area contributed by atoms with Crippen molar-refractivity contribution in [2.24, 2.45) is 0 Å². The maximum absolute atomic E-state index is 11.8. The molecule has 6 heteroatoms. The van der Waals surface area contributed by atoms with Gasteiger partial charge in [0.2, 0.25) is 5.91 Å². The lowest BCUT2D eigenvalue weighted by Crippen LogP contribution is -2.31. The summed E-state index contributed by atoms with van der Waals surface area (Å²) in [6.07, 6.45) is 0.887. The van der Waals surface area contributed by atoms with E-state index in [1.807, 2.05) is 11.9 Å². The summed E-state index contributed by atoms with van der Waals surface area (Å²) in [6, 6.07) is 5.14. The Morgan fingerprint density at radius 2 is 2.16 bits per heavy atom. The molecule has 0 aliphatic heterocycles. The molecular weight excluding hydrogens is 287 g/mol. The molecular formula is C13H18Cl2N2O2. The lowest BCUT2D eigenvalue weighted by Gasteiger charge is -2.16. The zero-order valence-electron chi connectivity index (χ0n) is 11.1. The Morgan fingerprint density at radius 3 is 2.84 bits per heavy atom. The number of benzene rings is 1. The van der Waals surface area contributed by atoms with E-state index < -0.39 is 0 Å². The van der Waals surface area contributed by atoms with Crippen LogP contribution in [0.4, 0.5) is 5.69 Å². The molecule has 0 aromatic heterocycles. The topological polar surface area (TPSA) is 41.6 Å². The lowest BCUT2D eigenvalue weighted by molar-refractivity contribution is -0.117. The van der Waals surface area contributed by atoms with Gasteiger partial charge in [0.15, 0.2) is 0 Å². The molecule has 0 unspecified atom stereocenters. The third-order valence-electron chi connectivity index (χ3n) is 2.53. The molecule has 0 heterocycles. The molecule has 4 nitrogen and oxygen atoms in total. The smallest absolute Gasteiger partial charge is 0.238 e. The highest BCUT2D eigenvalue weighted by Gasteiger charge is 2.10. The van der Waals surface area contributed by atoms with E-state index in [9.17, 15) is 4.79 Å². The molecule has 1 N–H and O–H groups in total. The summed E-state index contributed by atoms with van der Waals surface area (Å²) >= 11 is 11.9. The normalized spacial score (nSPS) is 10.8. The molecule has 0 spiro atoms. The molecule has 19 heavy (non-hydrogen) atoms. The highest BCUT2D eigenvalue weighted by molar-refractivity contribution is 6.43. The Morgan fingerprint density at radius 1 is 1.42 bits per heavy atom. The monoisotopic (exact) mass is 304 g/mol. The van der Waals surface area contributed by atoms with Crippen LogP contribution in [0.2, 0.25) is 10.0 Å². The maximum atomic E-state index is 11.8. The lowest BCUT2D eigenvalue weighted by atomic mass is 10.3. The summed E-state index contributed by atoms with van der Waals surface area (Å²) in [5, 5.41) is 3.53. The molecule has 0 radical (unpaired) electrons. The van der Waals surface area contributed by atoms with Crippen LogP contribution < -0.4 is 5.32 Å². The summed E-state index contributed by atoms with van der Waals surface area (Å²) in [5.74, 6) is -0.121. The van der Waals surface area contributed by atoms with Crippen LogP contribution in [0.5, 0.6) is 0 Å². The van der Waals surface area contributed by atoms with Crippen molar-refractivity contribution in [3.05, 3.63) is 28.2 Å². The van der Waals surface area contributed by atoms with Crippen LogP contribution in [0.3, 0.4) is 0 Å². The minimum atomic E-state index is -0.121. The van der Waals surface area contributed by atoms with Crippen LogP contribution in [0.15, 0.2) is 18.2 Å². The van der Waals surface area contributed by atoms with E-state index >= 15 is 0 Å². The number of hydrogen-bond acceptors (Lipinski definition) is 3. The second-order valence-corrected chi connectivity index (χ2v) is 5.02. The van der Waals surface area contributed by atoms with E-state index in [0.29, 0.717) is 28.9 Å². The number of anilines is 1. The van der Waals surface area contributed by atoms with Crippen molar-refractivity contribution >= 4 is 34.8 Å². The Kier molecular flexibility index (Phi) is 7.16. The minimum absolute atomic E-state index is 0.121. The highest BCUT2D eigenvalue weighted by atomic mass is 35.5. The first-order valence-electron chi connectivity index (χ1n) is 5.96. The molecule has 0 aliphatic carbocycles. The molecule has 0 atom stereocenters. The molecule has 1 rings (SSSR count). The number of amides is 1. The van der Waals surface area contributed by atoms with Gasteiger partial charge in [-0.1, -0.05) is 29.3 Å². The third-order valence-corrected chi connectivity index (χ3v) is 3.35. The van der Waals surface area contributed by atoms with Gasteiger partial charge >= 0.3 is 0 Å². The molecule has 0 bridgehead atoms. The molecule has 0 saturated heterocycles. The molecule has 1 amide bonds. The zero-order chi connectivity index (χ0) is 14.3. The van der Waals surface area contributed by atoms with Gasteiger partial charge in [-0.2, -0.15) is 0 Å². The number of ether oxygens (including phenoxy) is 1. The number of carbonyl (C=O) groups excluding carboxylic acids is 1. The number of hydrogen-bond donors (Lipinski definition) is 1. The number of rotatable bonds is 7. The van der Waals surface area contributed by atoms with Crippen molar-refractivity contribution in [3.8, 4) is 0 Å². The zero-order valence-corrected chi connectivity index (χ0v) is 12.6. The number of methoxy groups -OCH3 is 1. The van der Waals surface area contributed by atoms with Crippen molar-refractivity contribution in [1.29, 1.82) is 0 Å². The Bertz CT molecular complexity index is 427. The first-order chi connectivity index (χ1) is 9.04. The molecule has 1 aromatic rings. The third kappa shape index (κ3) is 5.78. The van der Waals surface area contributed by atoms with Crippen LogP contribution in [0.1, 0.15) is 6.42 Å². The molecule has 0 fully saturated rings. The van der Waals surface area contributed by atoms with Gasteiger partial charge in [0.25, 0.3) is 0 Å². The van der Waals surface area contributed by atoms with E-state index in [4.69, 9.17) is 27.9 Å². The molecule has 1 aromatic carbocycles. The number of carbonyl (C=O) groups is 1. The van der Waals surface area contributed by atoms with Crippen molar-refractivity contribution < 1.29 is 9.53 Å². The predicted molar refractivity (Wildman–Crippen MR) is 79.1 cm³/mol. The van der Waals surface area contributed by atoms with Gasteiger partial charge in [0.05, 0.1) is 22.3 Å². The predicted octanol–water partition coefficient (Wildman–Crippen LogP) is 2.90. The van der Waals surface area contributed by atoms with Crippen LogP contribution in [0, 0.1) is 0 Å². The average Bonchev–Trinajstić information content (AvgIpc) is 2.35. The van der Waals surface area contributed by atoms with Gasteiger partial charge < -0.3 is 10.1 Å². The fourth-order valence-electron chi connectivity index (χ4n) is 1.59. The van der Waals surface area contributed by atoms with Crippen molar-refractivity contribution in [1.82, 2.24) is 4.90 Å². The number of likely N-dealkylation sites (N-methyl/N-ethyl adjacent to an activating group) is 1. The minimum Gasteiger partial charge on any atom is -0.385 e. The Labute approximate surface area is 123 Å². The van der Waals surface area contributed by atoms with Crippen LogP contribution in [-0.2, 0) is 9.53 Å². The van der Waals surface area contributed by atoms with Crippen molar-refractivity contribution in [2.45, 2.75) is 6.42 Å². The van der Waals surface area contributed by atoms with Crippen LogP contribution >= 0.6 is 23.2 Å². The molecule has 106 valence electrons. The van der Waals surface area contributed by atoms with Gasteiger partial charge in [-0.05, 0) is 25.6 Å². The van der Waals surface area contributed by atoms with Gasteiger partial charge in [-0.25, -0.2) is 0 Å². The summed E-state index contributed by atoms with van der Waals surface area (Å²) in [7, 11) is 3.54. The van der Waals surface area contributed by atoms with E-state index in [-0.39, 0.29) is 5.91 Å². The highest BCUT2D eigenvalue weighted by Crippen LogP contribution is 2.29. The fraction of sp³-hybridized carbons (Fsp3) is 0.462. The SMILES string of the molecule is COCCCN(C)CC(=O)Nc1cccc(Cl)c1Cl. The largest absolute Gasteiger partial charge is 0.385 e. The maximum Gasteiger partial charge on any atom is 0.238 e. The molecule has 0 saturated carbocycles. The van der Waals surface area contributed by atoms with E-state index in [1.54, 1.807) is 25.3 Å². The second-order valence-electron chi connectivity index (χ2n) is 4.23. The van der Waals surface area contributed by atoms with E-state index in [2.05, 4.69) is 5.32 Å². The summed E-state index contributed by atoms with van der Waals surface area (Å²) in [4.78, 5) is 13.8. The summed E-state index contributed by atoms with van der Waals surface area (Å²) in [6.45, 7) is 1.78. The standard InChI is InChI=1S/C13H18Cl2N2O2/c1-17(7-4-8-19-2)9-12(18)16-11-6-3-5-10(14)13(11)15/h3,5-6H,4,7-9H2,1-2H3,(H,16,18). The summed E-state index contributed by atoms with van der Waals surface area (Å²) in [5.41, 5.74) is 0.532. The van der Waals surface area contributed by atoms with Gasteiger partial charge in [-0.15, -0.1) is 0 Å². The van der Waals surface area contributed by atoms with E-state index in [1.165, 1.54) is 0 Å². The van der Waals surface area contributed by atoms with Crippen molar-refractivity contribution in [2.75, 3.05) is 39.2 Å². The summed E-state index contributed by atoms with van der Waals surface area (Å²) < 4.78 is 4.96. The first kappa shape index (κ1) is 16.2. The van der Waals surface area contributed by atoms with E-state index in [0.717, 1.165) is 13.0 Å². The van der Waals surface area contributed by atoms with Gasteiger partial charge in [-0.3, -0.25) is 9.69 Å². The quantitative estimate of drug-likeness (QED) is 0.788.